The van der Waals surface area contributed by atoms with E-state index in [1.165, 1.54) is 0 Å². The minimum atomic E-state index is 1.62. The molecule has 0 saturated heterocycles. The number of nitrogens with one attached hydrogen (secondary N) is 2. The third kappa shape index (κ3) is 7.20. The highest BCUT2D eigenvalue weighted by atomic mass is 16.3. The molecule has 0 unspecified atom stereocenters. The normalized spacial score (nSPS) is 7.78. The van der Waals surface area contributed by atoms with Crippen LogP contribution in [0.25, 0.3) is 0 Å². The zero-order valence-corrected chi connectivity index (χ0v) is 5.72. The molecule has 0 radical (unpaired) electrons. The summed E-state index contributed by atoms with van der Waals surface area (Å²) in [6.07, 6.45) is 3.25. The van der Waals surface area contributed by atoms with E-state index in [1.807, 2.05) is 26.2 Å². The van der Waals surface area contributed by atoms with Gasteiger partial charge in [0.05, 0.1) is 12.5 Å². The highest BCUT2D eigenvalue weighted by molar-refractivity contribution is 4.79. The van der Waals surface area contributed by atoms with Crippen LogP contribution >= 0.6 is 0 Å². The summed E-state index contributed by atoms with van der Waals surface area (Å²) in [5.41, 5.74) is 5.36. The summed E-state index contributed by atoms with van der Waals surface area (Å²) in [7, 11) is 3.64. The number of hydrazine groups is 1. The standard InChI is InChI=1S/C4H4O.C2H8N2/c1-2-4-5-3-1;1-3-4-2/h1-4H;3-4H,1-2H3. The Morgan fingerprint density at radius 2 is 1.44 bits per heavy atom. The third-order valence-corrected chi connectivity index (χ3v) is 0.675. The lowest BCUT2D eigenvalue weighted by Crippen LogP contribution is -2.21. The van der Waals surface area contributed by atoms with Crippen molar-refractivity contribution in [3.63, 3.8) is 0 Å². The average Bonchev–Trinajstić information content (AvgIpc) is 2.43. The fourth-order valence-corrected chi connectivity index (χ4v) is 0.227. The Hall–Kier alpha value is -0.800. The van der Waals surface area contributed by atoms with Crippen molar-refractivity contribution in [2.75, 3.05) is 14.1 Å². The van der Waals surface area contributed by atoms with Crippen molar-refractivity contribution in [2.24, 2.45) is 0 Å². The van der Waals surface area contributed by atoms with E-state index in [9.17, 15) is 0 Å². The molecule has 2 N–H and O–H groups in total. The highest BCUT2D eigenvalue weighted by Crippen LogP contribution is 1.79. The van der Waals surface area contributed by atoms with Gasteiger partial charge in [0.1, 0.15) is 0 Å². The Balaban J connectivity index is 0.000000148. The molecule has 0 aliphatic carbocycles. The van der Waals surface area contributed by atoms with Gasteiger partial charge in [-0.25, -0.2) is 0 Å². The summed E-state index contributed by atoms with van der Waals surface area (Å²) in [6, 6.07) is 3.67. The zero-order chi connectivity index (χ0) is 6.95. The molecule has 1 rings (SSSR count). The number of hydrogen-bond donors (Lipinski definition) is 2. The average molecular weight is 128 g/mol. The second kappa shape index (κ2) is 7.20. The molecule has 52 valence electrons. The van der Waals surface area contributed by atoms with E-state index in [4.69, 9.17) is 0 Å². The van der Waals surface area contributed by atoms with Gasteiger partial charge in [0.2, 0.25) is 0 Å². The second-order valence-corrected chi connectivity index (χ2v) is 1.29. The molecule has 0 bridgehead atoms. The van der Waals surface area contributed by atoms with E-state index in [1.54, 1.807) is 12.5 Å². The molecule has 0 spiro atoms. The lowest BCUT2D eigenvalue weighted by Gasteiger charge is -1.81. The van der Waals surface area contributed by atoms with Crippen LogP contribution in [0.4, 0.5) is 0 Å². The van der Waals surface area contributed by atoms with Crippen molar-refractivity contribution in [1.29, 1.82) is 0 Å². The quantitative estimate of drug-likeness (QED) is 0.544. The molecule has 0 aliphatic heterocycles. The van der Waals surface area contributed by atoms with Crippen molar-refractivity contribution >= 4 is 0 Å². The van der Waals surface area contributed by atoms with Gasteiger partial charge in [-0.15, -0.1) is 0 Å². The molecule has 3 heteroatoms. The minimum Gasteiger partial charge on any atom is -0.473 e. The van der Waals surface area contributed by atoms with E-state index in [-0.39, 0.29) is 0 Å². The third-order valence-electron chi connectivity index (χ3n) is 0.675. The van der Waals surface area contributed by atoms with Crippen LogP contribution < -0.4 is 10.9 Å². The fourth-order valence-electron chi connectivity index (χ4n) is 0.227. The summed E-state index contributed by atoms with van der Waals surface area (Å²) in [4.78, 5) is 0. The molecular weight excluding hydrogens is 116 g/mol. The largest absolute Gasteiger partial charge is 0.473 e. The molecular formula is C6H12N2O. The van der Waals surface area contributed by atoms with Crippen molar-refractivity contribution in [3.05, 3.63) is 24.7 Å². The van der Waals surface area contributed by atoms with Crippen LogP contribution in [-0.4, -0.2) is 14.1 Å². The van der Waals surface area contributed by atoms with E-state index >= 15 is 0 Å². The van der Waals surface area contributed by atoms with Crippen LogP contribution in [0.15, 0.2) is 29.1 Å². The highest BCUT2D eigenvalue weighted by Gasteiger charge is 1.58. The summed E-state index contributed by atoms with van der Waals surface area (Å²) < 4.78 is 4.58. The lowest BCUT2D eigenvalue weighted by atomic mass is 10.7. The van der Waals surface area contributed by atoms with Gasteiger partial charge in [-0.3, -0.25) is 10.9 Å². The minimum absolute atomic E-state index is 1.62. The molecule has 0 aromatic carbocycles. The SMILES string of the molecule is CNNC.c1ccoc1. The maximum absolute atomic E-state index is 4.58. The molecule has 9 heavy (non-hydrogen) atoms. The van der Waals surface area contributed by atoms with E-state index in [0.29, 0.717) is 0 Å². The Morgan fingerprint density at radius 3 is 1.56 bits per heavy atom. The van der Waals surface area contributed by atoms with E-state index in [0.717, 1.165) is 0 Å². The number of hydrogen-bond acceptors (Lipinski definition) is 3. The van der Waals surface area contributed by atoms with Crippen LogP contribution in [0.1, 0.15) is 0 Å². The zero-order valence-electron chi connectivity index (χ0n) is 5.72. The predicted molar refractivity (Wildman–Crippen MR) is 36.8 cm³/mol. The van der Waals surface area contributed by atoms with Gasteiger partial charge in [-0.05, 0) is 26.2 Å². The Morgan fingerprint density at radius 1 is 1.00 bits per heavy atom. The monoisotopic (exact) mass is 128 g/mol. The molecule has 0 aliphatic rings. The van der Waals surface area contributed by atoms with Crippen LogP contribution in [0.3, 0.4) is 0 Å². The first kappa shape index (κ1) is 8.20. The van der Waals surface area contributed by atoms with Gasteiger partial charge in [0.15, 0.2) is 0 Å². The molecule has 3 nitrogen and oxygen atoms in total. The molecule has 0 fully saturated rings. The molecule has 0 saturated carbocycles. The first-order valence-electron chi connectivity index (χ1n) is 2.72. The topological polar surface area (TPSA) is 37.2 Å². The van der Waals surface area contributed by atoms with Gasteiger partial charge in [0, 0.05) is 0 Å². The maximum Gasteiger partial charge on any atom is 0.0902 e. The Bertz CT molecular complexity index is 86.6. The summed E-state index contributed by atoms with van der Waals surface area (Å²) in [5, 5.41) is 0. The molecule has 1 aromatic rings. The molecule has 0 amide bonds. The van der Waals surface area contributed by atoms with Gasteiger partial charge in [-0.1, -0.05) is 0 Å². The molecule has 1 aromatic heterocycles. The number of furan rings is 1. The van der Waals surface area contributed by atoms with Crippen LogP contribution in [0, 0.1) is 0 Å². The Kier molecular flexibility index (Phi) is 6.56. The second-order valence-electron chi connectivity index (χ2n) is 1.29. The molecule has 1 heterocycles. The van der Waals surface area contributed by atoms with Crippen LogP contribution in [-0.2, 0) is 0 Å². The van der Waals surface area contributed by atoms with Crippen LogP contribution in [0.2, 0.25) is 0 Å². The fraction of sp³-hybridized carbons (Fsp3) is 0.333. The Labute approximate surface area is 55.0 Å². The number of rotatable bonds is 1. The molecule has 0 atom stereocenters. The lowest BCUT2D eigenvalue weighted by molar-refractivity contribution is 0.567. The maximum atomic E-state index is 4.58. The van der Waals surface area contributed by atoms with Crippen molar-refractivity contribution in [2.45, 2.75) is 0 Å². The van der Waals surface area contributed by atoms with E-state index in [2.05, 4.69) is 15.3 Å². The smallest absolute Gasteiger partial charge is 0.0902 e. The van der Waals surface area contributed by atoms with Gasteiger partial charge in [-0.2, -0.15) is 0 Å². The van der Waals surface area contributed by atoms with Crippen LogP contribution in [0.5, 0.6) is 0 Å². The first-order valence-corrected chi connectivity index (χ1v) is 2.72. The van der Waals surface area contributed by atoms with Gasteiger partial charge in [0.25, 0.3) is 0 Å². The first-order chi connectivity index (χ1) is 4.41. The summed E-state index contributed by atoms with van der Waals surface area (Å²) in [5.74, 6) is 0. The van der Waals surface area contributed by atoms with Crippen molar-refractivity contribution in [3.8, 4) is 0 Å². The van der Waals surface area contributed by atoms with E-state index < -0.39 is 0 Å². The van der Waals surface area contributed by atoms with Crippen molar-refractivity contribution in [1.82, 2.24) is 10.9 Å². The predicted octanol–water partition coefficient (Wildman–Crippen LogP) is 0.620. The van der Waals surface area contributed by atoms with Crippen molar-refractivity contribution < 1.29 is 4.42 Å². The summed E-state index contributed by atoms with van der Waals surface area (Å²) in [6.45, 7) is 0. The van der Waals surface area contributed by atoms with Gasteiger partial charge >= 0.3 is 0 Å². The summed E-state index contributed by atoms with van der Waals surface area (Å²) >= 11 is 0. The van der Waals surface area contributed by atoms with Gasteiger partial charge < -0.3 is 4.42 Å².